The fraction of sp³-hybridized carbons (Fsp3) is 0.278. The van der Waals surface area contributed by atoms with E-state index in [1.165, 1.54) is 0 Å². The van der Waals surface area contributed by atoms with Gasteiger partial charge in [0.05, 0.1) is 23.9 Å². The van der Waals surface area contributed by atoms with Crippen LogP contribution in [0.2, 0.25) is 0 Å². The molecule has 0 bridgehead atoms. The highest BCUT2D eigenvalue weighted by molar-refractivity contribution is 9.10. The van der Waals surface area contributed by atoms with E-state index in [0.29, 0.717) is 37.4 Å². The Bertz CT molecular complexity index is 842. The van der Waals surface area contributed by atoms with Crippen LogP contribution in [0.25, 0.3) is 0 Å². The quantitative estimate of drug-likeness (QED) is 0.758. The van der Waals surface area contributed by atoms with E-state index in [1.54, 1.807) is 53.4 Å². The fourth-order valence-electron chi connectivity index (χ4n) is 2.64. The van der Waals surface area contributed by atoms with E-state index in [4.69, 9.17) is 4.74 Å². The summed E-state index contributed by atoms with van der Waals surface area (Å²) in [7, 11) is -3.42. The lowest BCUT2D eigenvalue weighted by molar-refractivity contribution is 0.0303. The van der Waals surface area contributed by atoms with Crippen molar-refractivity contribution >= 4 is 31.7 Å². The first-order valence-electron chi connectivity index (χ1n) is 7.90. The van der Waals surface area contributed by atoms with Crippen LogP contribution >= 0.6 is 15.9 Å². The first-order valence-corrected chi connectivity index (χ1v) is 10.3. The van der Waals surface area contributed by atoms with Crippen LogP contribution < -0.4 is 0 Å². The molecule has 1 fully saturated rings. The molecular formula is C18H18BrNO4S. The van der Waals surface area contributed by atoms with Gasteiger partial charge in [0.25, 0.3) is 5.91 Å². The number of nitrogens with zero attached hydrogens (tertiary/aromatic N) is 1. The zero-order valence-electron chi connectivity index (χ0n) is 13.5. The molecule has 2 aromatic rings. The summed E-state index contributed by atoms with van der Waals surface area (Å²) in [6.45, 7) is 2.27. The molecule has 25 heavy (non-hydrogen) atoms. The van der Waals surface area contributed by atoms with Crippen LogP contribution in [-0.4, -0.2) is 45.5 Å². The van der Waals surface area contributed by atoms with Crippen molar-refractivity contribution in [1.82, 2.24) is 4.90 Å². The molecule has 0 aliphatic carbocycles. The molecule has 3 rings (SSSR count). The number of ether oxygens (including phenoxy) is 1. The number of halogens is 1. The first-order chi connectivity index (χ1) is 12.0. The Balaban J connectivity index is 1.71. The number of benzene rings is 2. The van der Waals surface area contributed by atoms with Crippen molar-refractivity contribution in [3.63, 3.8) is 0 Å². The molecule has 2 aromatic carbocycles. The summed E-state index contributed by atoms with van der Waals surface area (Å²) in [6.07, 6.45) is 0. The summed E-state index contributed by atoms with van der Waals surface area (Å²) < 4.78 is 31.0. The zero-order valence-corrected chi connectivity index (χ0v) is 15.9. The predicted octanol–water partition coefficient (Wildman–Crippen LogP) is 2.90. The van der Waals surface area contributed by atoms with Gasteiger partial charge in [-0.05, 0) is 42.0 Å². The second-order valence-electron chi connectivity index (χ2n) is 5.81. The number of sulfone groups is 1. The molecule has 5 nitrogen and oxygen atoms in total. The summed E-state index contributed by atoms with van der Waals surface area (Å²) in [6, 6.07) is 13.3. The van der Waals surface area contributed by atoms with E-state index in [-0.39, 0.29) is 16.6 Å². The van der Waals surface area contributed by atoms with Gasteiger partial charge in [-0.3, -0.25) is 4.79 Å². The molecule has 0 spiro atoms. The predicted molar refractivity (Wildman–Crippen MR) is 98.2 cm³/mol. The highest BCUT2D eigenvalue weighted by Gasteiger charge is 2.19. The van der Waals surface area contributed by atoms with Gasteiger partial charge in [-0.15, -0.1) is 0 Å². The Kier molecular flexibility index (Phi) is 5.56. The smallest absolute Gasteiger partial charge is 0.254 e. The molecule has 1 aliphatic rings. The van der Waals surface area contributed by atoms with Gasteiger partial charge in [-0.1, -0.05) is 28.1 Å². The number of morpholine rings is 1. The molecule has 0 atom stereocenters. The third kappa shape index (κ3) is 4.48. The summed E-state index contributed by atoms with van der Waals surface area (Å²) in [4.78, 5) is 14.4. The van der Waals surface area contributed by atoms with Crippen LogP contribution in [0, 0.1) is 0 Å². The average Bonchev–Trinajstić information content (AvgIpc) is 2.62. The molecule has 1 heterocycles. The zero-order chi connectivity index (χ0) is 17.9. The van der Waals surface area contributed by atoms with Crippen LogP contribution in [0.5, 0.6) is 0 Å². The Morgan fingerprint density at radius 2 is 1.60 bits per heavy atom. The van der Waals surface area contributed by atoms with Crippen LogP contribution in [0.3, 0.4) is 0 Å². The number of rotatable bonds is 4. The van der Waals surface area contributed by atoms with Crippen LogP contribution in [0.15, 0.2) is 57.9 Å². The molecule has 0 unspecified atom stereocenters. The number of amides is 1. The summed E-state index contributed by atoms with van der Waals surface area (Å²) in [5.41, 5.74) is 1.22. The Labute approximate surface area is 155 Å². The Hall–Kier alpha value is -1.70. The second-order valence-corrected chi connectivity index (χ2v) is 8.72. The third-order valence-electron chi connectivity index (χ3n) is 4.03. The topological polar surface area (TPSA) is 63.7 Å². The van der Waals surface area contributed by atoms with Gasteiger partial charge in [-0.25, -0.2) is 8.42 Å². The molecule has 0 saturated carbocycles. The maximum Gasteiger partial charge on any atom is 0.254 e. The minimum Gasteiger partial charge on any atom is -0.378 e. The van der Waals surface area contributed by atoms with Crippen LogP contribution in [0.4, 0.5) is 0 Å². The van der Waals surface area contributed by atoms with Gasteiger partial charge in [0.2, 0.25) is 0 Å². The fourth-order valence-corrected chi connectivity index (χ4v) is 4.25. The number of carbonyl (C=O) groups is 1. The maximum absolute atomic E-state index is 12.5. The molecule has 1 saturated heterocycles. The minimum atomic E-state index is -3.42. The van der Waals surface area contributed by atoms with Crippen molar-refractivity contribution in [3.8, 4) is 0 Å². The lowest BCUT2D eigenvalue weighted by atomic mass is 10.1. The number of hydrogen-bond acceptors (Lipinski definition) is 4. The second kappa shape index (κ2) is 7.68. The van der Waals surface area contributed by atoms with Crippen molar-refractivity contribution in [1.29, 1.82) is 0 Å². The molecule has 0 aromatic heterocycles. The SMILES string of the molecule is O=C(c1ccc(CS(=O)(=O)c2ccc(Br)cc2)cc1)N1CCOCC1. The van der Waals surface area contributed by atoms with Gasteiger partial charge < -0.3 is 9.64 Å². The molecule has 0 N–H and O–H groups in total. The van der Waals surface area contributed by atoms with E-state index in [9.17, 15) is 13.2 Å². The van der Waals surface area contributed by atoms with Gasteiger partial charge in [0.1, 0.15) is 0 Å². The van der Waals surface area contributed by atoms with E-state index < -0.39 is 9.84 Å². The largest absolute Gasteiger partial charge is 0.378 e. The van der Waals surface area contributed by atoms with Crippen molar-refractivity contribution in [3.05, 3.63) is 64.1 Å². The summed E-state index contributed by atoms with van der Waals surface area (Å²) in [5.74, 6) is -0.147. The van der Waals surface area contributed by atoms with Crippen LogP contribution in [0.1, 0.15) is 15.9 Å². The molecule has 1 amide bonds. The summed E-state index contributed by atoms with van der Waals surface area (Å²) in [5, 5.41) is 0. The Morgan fingerprint density at radius 3 is 2.20 bits per heavy atom. The highest BCUT2D eigenvalue weighted by Crippen LogP contribution is 2.20. The van der Waals surface area contributed by atoms with Crippen molar-refractivity contribution < 1.29 is 17.9 Å². The normalized spacial score (nSPS) is 15.2. The molecular weight excluding hydrogens is 406 g/mol. The molecule has 0 radical (unpaired) electrons. The van der Waals surface area contributed by atoms with Gasteiger partial charge in [-0.2, -0.15) is 0 Å². The summed E-state index contributed by atoms with van der Waals surface area (Å²) >= 11 is 3.29. The molecule has 7 heteroatoms. The standard InChI is InChI=1S/C18H18BrNO4S/c19-16-5-7-17(8-6-16)25(22,23)13-14-1-3-15(4-2-14)18(21)20-9-11-24-12-10-20/h1-8H,9-13H2. The lowest BCUT2D eigenvalue weighted by Crippen LogP contribution is -2.40. The number of hydrogen-bond donors (Lipinski definition) is 0. The highest BCUT2D eigenvalue weighted by atomic mass is 79.9. The van der Waals surface area contributed by atoms with Gasteiger partial charge in [0.15, 0.2) is 9.84 Å². The van der Waals surface area contributed by atoms with Gasteiger partial charge >= 0.3 is 0 Å². The van der Waals surface area contributed by atoms with E-state index in [1.807, 2.05) is 0 Å². The Morgan fingerprint density at radius 1 is 1.00 bits per heavy atom. The van der Waals surface area contributed by atoms with E-state index >= 15 is 0 Å². The first kappa shape index (κ1) is 18.1. The molecule has 1 aliphatic heterocycles. The van der Waals surface area contributed by atoms with Gasteiger partial charge in [0, 0.05) is 23.1 Å². The lowest BCUT2D eigenvalue weighted by Gasteiger charge is -2.26. The van der Waals surface area contributed by atoms with Crippen molar-refractivity contribution in [2.24, 2.45) is 0 Å². The average molecular weight is 424 g/mol. The third-order valence-corrected chi connectivity index (χ3v) is 6.26. The van der Waals surface area contributed by atoms with E-state index in [2.05, 4.69) is 15.9 Å². The molecule has 132 valence electrons. The van der Waals surface area contributed by atoms with Crippen LogP contribution in [-0.2, 0) is 20.3 Å². The monoisotopic (exact) mass is 423 g/mol. The van der Waals surface area contributed by atoms with Crippen molar-refractivity contribution in [2.45, 2.75) is 10.6 Å². The minimum absolute atomic E-state index is 0.0504. The van der Waals surface area contributed by atoms with E-state index in [0.717, 1.165) is 4.47 Å². The number of carbonyl (C=O) groups excluding carboxylic acids is 1. The maximum atomic E-state index is 12.5. The van der Waals surface area contributed by atoms with Crippen molar-refractivity contribution in [2.75, 3.05) is 26.3 Å².